The summed E-state index contributed by atoms with van der Waals surface area (Å²) in [6.45, 7) is -0.00571. The van der Waals surface area contributed by atoms with Crippen LogP contribution in [0.5, 0.6) is 0 Å². The predicted molar refractivity (Wildman–Crippen MR) is 68.4 cm³/mol. The van der Waals surface area contributed by atoms with Gasteiger partial charge in [-0.1, -0.05) is 6.07 Å². The van der Waals surface area contributed by atoms with Crippen LogP contribution in [0.1, 0.15) is 15.9 Å². The number of nitrogens with one attached hydrogen (secondary N) is 1. The van der Waals surface area contributed by atoms with Crippen LogP contribution in [0.4, 0.5) is 14.5 Å². The average Bonchev–Trinajstić information content (AvgIpc) is 2.46. The number of hydrogen-bond acceptors (Lipinski definition) is 4. The Bertz CT molecular complexity index is 693. The lowest BCUT2D eigenvalue weighted by Crippen LogP contribution is -2.25. The van der Waals surface area contributed by atoms with Crippen LogP contribution in [0, 0.1) is 21.7 Å². The van der Waals surface area contributed by atoms with Gasteiger partial charge in [0.2, 0.25) is 5.82 Å². The molecule has 0 atom stereocenters. The van der Waals surface area contributed by atoms with Crippen molar-refractivity contribution in [1.29, 1.82) is 0 Å². The van der Waals surface area contributed by atoms with Crippen LogP contribution >= 0.6 is 0 Å². The van der Waals surface area contributed by atoms with E-state index in [0.717, 1.165) is 0 Å². The van der Waals surface area contributed by atoms with Gasteiger partial charge in [0.15, 0.2) is 0 Å². The highest BCUT2D eigenvalue weighted by Gasteiger charge is 2.25. The number of nitrogens with zero attached hydrogens (tertiary/aromatic N) is 2. The third-order valence-corrected chi connectivity index (χ3v) is 2.67. The van der Waals surface area contributed by atoms with Gasteiger partial charge in [0.1, 0.15) is 11.4 Å². The average molecular weight is 293 g/mol. The summed E-state index contributed by atoms with van der Waals surface area (Å²) in [5.74, 6) is -3.73. The number of aromatic nitrogens is 1. The Morgan fingerprint density at radius 3 is 2.71 bits per heavy atom. The summed E-state index contributed by atoms with van der Waals surface area (Å²) in [6.07, 6.45) is 3.01. The van der Waals surface area contributed by atoms with Crippen LogP contribution in [-0.4, -0.2) is 15.8 Å². The molecule has 0 fully saturated rings. The van der Waals surface area contributed by atoms with Crippen molar-refractivity contribution in [2.75, 3.05) is 0 Å². The number of carbonyl (C=O) groups excluding carboxylic acids is 1. The Balaban J connectivity index is 2.23. The molecule has 6 nitrogen and oxygen atoms in total. The van der Waals surface area contributed by atoms with Gasteiger partial charge in [0.25, 0.3) is 5.91 Å². The fraction of sp³-hybridized carbons (Fsp3) is 0.0769. The predicted octanol–water partition coefficient (Wildman–Crippen LogP) is 2.20. The summed E-state index contributed by atoms with van der Waals surface area (Å²) in [7, 11) is 0. The maximum Gasteiger partial charge on any atom is 0.305 e. The van der Waals surface area contributed by atoms with Crippen molar-refractivity contribution in [2.24, 2.45) is 0 Å². The Labute approximate surface area is 117 Å². The van der Waals surface area contributed by atoms with Gasteiger partial charge in [0, 0.05) is 25.0 Å². The molecule has 0 bridgehead atoms. The molecule has 108 valence electrons. The van der Waals surface area contributed by atoms with E-state index in [4.69, 9.17) is 0 Å². The molecule has 0 radical (unpaired) electrons. The van der Waals surface area contributed by atoms with Gasteiger partial charge in [-0.15, -0.1) is 0 Å². The zero-order chi connectivity index (χ0) is 15.4. The molecule has 0 unspecified atom stereocenters. The molecular weight excluding hydrogens is 284 g/mol. The number of nitro benzene ring substituents is 1. The number of amides is 1. The zero-order valence-electron chi connectivity index (χ0n) is 10.5. The Kier molecular flexibility index (Phi) is 4.17. The lowest BCUT2D eigenvalue weighted by Gasteiger charge is -2.07. The SMILES string of the molecule is O=C(NCc1cccnc1)c1c(F)ccc([N+](=O)[O-])c1F. The van der Waals surface area contributed by atoms with E-state index in [-0.39, 0.29) is 6.54 Å². The van der Waals surface area contributed by atoms with E-state index in [1.165, 1.54) is 12.4 Å². The first-order valence-corrected chi connectivity index (χ1v) is 5.80. The lowest BCUT2D eigenvalue weighted by atomic mass is 10.1. The van der Waals surface area contributed by atoms with Crippen molar-refractivity contribution in [3.05, 3.63) is 69.5 Å². The van der Waals surface area contributed by atoms with Gasteiger partial charge in [-0.05, 0) is 17.7 Å². The quantitative estimate of drug-likeness (QED) is 0.691. The molecule has 0 aliphatic heterocycles. The minimum absolute atomic E-state index is 0.00571. The normalized spacial score (nSPS) is 10.2. The summed E-state index contributed by atoms with van der Waals surface area (Å²) in [4.78, 5) is 25.2. The third-order valence-electron chi connectivity index (χ3n) is 2.67. The van der Waals surface area contributed by atoms with Crippen LogP contribution in [-0.2, 0) is 6.54 Å². The maximum atomic E-state index is 13.8. The van der Waals surface area contributed by atoms with Crippen molar-refractivity contribution >= 4 is 11.6 Å². The van der Waals surface area contributed by atoms with Crippen LogP contribution in [0.15, 0.2) is 36.7 Å². The number of pyridine rings is 1. The molecule has 2 rings (SSSR count). The highest BCUT2D eigenvalue weighted by molar-refractivity contribution is 5.95. The number of rotatable bonds is 4. The van der Waals surface area contributed by atoms with Crippen LogP contribution < -0.4 is 5.32 Å². The van der Waals surface area contributed by atoms with E-state index in [1.807, 2.05) is 0 Å². The molecular formula is C13H9F2N3O3. The van der Waals surface area contributed by atoms with E-state index < -0.39 is 33.7 Å². The third kappa shape index (κ3) is 3.16. The largest absolute Gasteiger partial charge is 0.348 e. The maximum absolute atomic E-state index is 13.8. The second kappa shape index (κ2) is 6.04. The monoisotopic (exact) mass is 293 g/mol. The molecule has 1 N–H and O–H groups in total. The van der Waals surface area contributed by atoms with Crippen LogP contribution in [0.2, 0.25) is 0 Å². The highest BCUT2D eigenvalue weighted by atomic mass is 19.1. The molecule has 1 aromatic heterocycles. The first-order valence-electron chi connectivity index (χ1n) is 5.80. The number of hydrogen-bond donors (Lipinski definition) is 1. The van der Waals surface area contributed by atoms with E-state index >= 15 is 0 Å². The van der Waals surface area contributed by atoms with Crippen LogP contribution in [0.3, 0.4) is 0 Å². The van der Waals surface area contributed by atoms with Gasteiger partial charge < -0.3 is 5.32 Å². The Morgan fingerprint density at radius 1 is 1.33 bits per heavy atom. The second-order valence-electron chi connectivity index (χ2n) is 4.06. The molecule has 0 saturated heterocycles. The van der Waals surface area contributed by atoms with E-state index in [9.17, 15) is 23.7 Å². The van der Waals surface area contributed by atoms with Gasteiger partial charge in [-0.2, -0.15) is 4.39 Å². The number of halogens is 2. The summed E-state index contributed by atoms with van der Waals surface area (Å²) >= 11 is 0. The number of benzene rings is 1. The number of nitro groups is 1. The van der Waals surface area contributed by atoms with Crippen molar-refractivity contribution in [2.45, 2.75) is 6.54 Å². The summed E-state index contributed by atoms with van der Waals surface area (Å²) in [6, 6.07) is 4.65. The second-order valence-corrected chi connectivity index (χ2v) is 4.06. The molecule has 0 aliphatic rings. The summed E-state index contributed by atoms with van der Waals surface area (Å²) in [5.41, 5.74) is -1.31. The molecule has 0 saturated carbocycles. The lowest BCUT2D eigenvalue weighted by molar-refractivity contribution is -0.387. The van der Waals surface area contributed by atoms with E-state index in [0.29, 0.717) is 17.7 Å². The van der Waals surface area contributed by atoms with E-state index in [2.05, 4.69) is 10.3 Å². The standard InChI is InChI=1S/C13H9F2N3O3/c14-9-3-4-10(18(20)21)12(15)11(9)13(19)17-7-8-2-1-5-16-6-8/h1-6H,7H2,(H,17,19). The zero-order valence-corrected chi connectivity index (χ0v) is 10.5. The van der Waals surface area contributed by atoms with Crippen molar-refractivity contribution in [1.82, 2.24) is 10.3 Å². The first-order chi connectivity index (χ1) is 10.0. The van der Waals surface area contributed by atoms with Crippen molar-refractivity contribution in [3.63, 3.8) is 0 Å². The van der Waals surface area contributed by atoms with Crippen molar-refractivity contribution < 1.29 is 18.5 Å². The highest BCUT2D eigenvalue weighted by Crippen LogP contribution is 2.23. The Hall–Kier alpha value is -2.90. The fourth-order valence-corrected chi connectivity index (χ4v) is 1.66. The van der Waals surface area contributed by atoms with E-state index in [1.54, 1.807) is 12.1 Å². The van der Waals surface area contributed by atoms with Gasteiger partial charge in [-0.3, -0.25) is 19.9 Å². The topological polar surface area (TPSA) is 85.1 Å². The fourth-order valence-electron chi connectivity index (χ4n) is 1.66. The van der Waals surface area contributed by atoms with Crippen molar-refractivity contribution in [3.8, 4) is 0 Å². The van der Waals surface area contributed by atoms with Crippen LogP contribution in [0.25, 0.3) is 0 Å². The first kappa shape index (κ1) is 14.5. The molecule has 1 amide bonds. The van der Waals surface area contributed by atoms with Gasteiger partial charge in [0.05, 0.1) is 4.92 Å². The van der Waals surface area contributed by atoms with Gasteiger partial charge >= 0.3 is 5.69 Å². The minimum Gasteiger partial charge on any atom is -0.348 e. The molecule has 2 aromatic rings. The van der Waals surface area contributed by atoms with Gasteiger partial charge in [-0.25, -0.2) is 4.39 Å². The summed E-state index contributed by atoms with van der Waals surface area (Å²) < 4.78 is 27.3. The molecule has 0 spiro atoms. The number of carbonyl (C=O) groups is 1. The Morgan fingerprint density at radius 2 is 2.10 bits per heavy atom. The smallest absolute Gasteiger partial charge is 0.305 e. The molecule has 1 aromatic carbocycles. The molecule has 21 heavy (non-hydrogen) atoms. The summed E-state index contributed by atoms with van der Waals surface area (Å²) in [5, 5.41) is 12.9. The molecule has 1 heterocycles. The molecule has 0 aliphatic carbocycles. The molecule has 8 heteroatoms. The minimum atomic E-state index is -1.50.